The number of thioether (sulfide) groups is 1. The van der Waals surface area contributed by atoms with Crippen molar-refractivity contribution in [2.45, 2.75) is 18.3 Å². The minimum atomic E-state index is -4.61. The first-order chi connectivity index (χ1) is 13.3. The predicted molar refractivity (Wildman–Crippen MR) is 103 cm³/mol. The lowest BCUT2D eigenvalue weighted by Crippen LogP contribution is -2.15. The summed E-state index contributed by atoms with van der Waals surface area (Å²) in [4.78, 5) is 19.8. The molecule has 0 saturated heterocycles. The molecule has 0 unspecified atom stereocenters. The van der Waals surface area contributed by atoms with Crippen LogP contribution in [0.25, 0.3) is 11.3 Å². The molecule has 4 nitrogen and oxygen atoms in total. The standard InChI is InChI=1S/C20H16F3N3OS/c1-13-7-9-15(10-8-13)24-18(27)12-28-19-25-16(14-5-3-2-4-6-14)11-17(26-19)20(21,22)23/h2-11H,12H2,1H3,(H,24,27). The van der Waals surface area contributed by atoms with Crippen LogP contribution in [0.1, 0.15) is 11.3 Å². The van der Waals surface area contributed by atoms with Gasteiger partial charge in [-0.3, -0.25) is 4.79 Å². The molecule has 0 saturated carbocycles. The maximum atomic E-state index is 13.2. The van der Waals surface area contributed by atoms with Crippen molar-refractivity contribution < 1.29 is 18.0 Å². The smallest absolute Gasteiger partial charge is 0.325 e. The number of nitrogens with zero attached hydrogens (tertiary/aromatic N) is 2. The molecule has 2 aromatic carbocycles. The maximum absolute atomic E-state index is 13.2. The van der Waals surface area contributed by atoms with E-state index >= 15 is 0 Å². The van der Waals surface area contributed by atoms with Crippen LogP contribution < -0.4 is 5.32 Å². The van der Waals surface area contributed by atoms with Gasteiger partial charge in [0, 0.05) is 11.3 Å². The molecule has 144 valence electrons. The van der Waals surface area contributed by atoms with E-state index in [0.29, 0.717) is 11.3 Å². The number of aryl methyl sites for hydroxylation is 1. The van der Waals surface area contributed by atoms with Crippen LogP contribution in [0.15, 0.2) is 65.8 Å². The lowest BCUT2D eigenvalue weighted by Gasteiger charge is -2.10. The number of carbonyl (C=O) groups excluding carboxylic acids is 1. The number of halogens is 3. The van der Waals surface area contributed by atoms with Gasteiger partial charge in [0.1, 0.15) is 5.69 Å². The average molecular weight is 403 g/mol. The molecule has 1 heterocycles. The van der Waals surface area contributed by atoms with Crippen molar-refractivity contribution >= 4 is 23.4 Å². The molecule has 28 heavy (non-hydrogen) atoms. The van der Waals surface area contributed by atoms with Crippen molar-refractivity contribution in [2.24, 2.45) is 0 Å². The van der Waals surface area contributed by atoms with Crippen LogP contribution in [0.2, 0.25) is 0 Å². The van der Waals surface area contributed by atoms with Gasteiger partial charge in [0.2, 0.25) is 5.91 Å². The largest absolute Gasteiger partial charge is 0.433 e. The second-order valence-corrected chi connectivity index (χ2v) is 6.93. The van der Waals surface area contributed by atoms with Crippen LogP contribution in [0.4, 0.5) is 18.9 Å². The highest BCUT2D eigenvalue weighted by atomic mass is 32.2. The summed E-state index contributed by atoms with van der Waals surface area (Å²) in [6, 6.07) is 16.7. The highest BCUT2D eigenvalue weighted by Crippen LogP contribution is 2.32. The van der Waals surface area contributed by atoms with Crippen LogP contribution in [0.5, 0.6) is 0 Å². The van der Waals surface area contributed by atoms with E-state index in [1.807, 2.05) is 19.1 Å². The van der Waals surface area contributed by atoms with E-state index in [0.717, 1.165) is 23.4 Å². The molecule has 8 heteroatoms. The zero-order valence-corrected chi connectivity index (χ0v) is 15.6. The molecule has 0 aliphatic carbocycles. The number of aromatic nitrogens is 2. The number of amides is 1. The molecular weight excluding hydrogens is 387 g/mol. The van der Waals surface area contributed by atoms with E-state index in [2.05, 4.69) is 15.3 Å². The zero-order chi connectivity index (χ0) is 20.1. The summed E-state index contributed by atoms with van der Waals surface area (Å²) in [6.45, 7) is 1.93. The molecule has 0 atom stereocenters. The monoisotopic (exact) mass is 403 g/mol. The quantitative estimate of drug-likeness (QED) is 0.470. The molecule has 0 spiro atoms. The molecule has 0 aliphatic rings. The number of anilines is 1. The summed E-state index contributed by atoms with van der Waals surface area (Å²) < 4.78 is 39.6. The molecule has 3 rings (SSSR count). The van der Waals surface area contributed by atoms with E-state index in [-0.39, 0.29) is 22.5 Å². The fourth-order valence-electron chi connectivity index (χ4n) is 2.36. The number of hydrogen-bond donors (Lipinski definition) is 1. The third-order valence-electron chi connectivity index (χ3n) is 3.73. The Kier molecular flexibility index (Phi) is 5.99. The third kappa shape index (κ3) is 5.32. The summed E-state index contributed by atoms with van der Waals surface area (Å²) >= 11 is 0.856. The molecule has 0 fully saturated rings. The van der Waals surface area contributed by atoms with Gasteiger partial charge in [-0.2, -0.15) is 13.2 Å². The van der Waals surface area contributed by atoms with Gasteiger partial charge in [-0.15, -0.1) is 0 Å². The zero-order valence-electron chi connectivity index (χ0n) is 14.8. The van der Waals surface area contributed by atoms with Gasteiger partial charge in [-0.05, 0) is 25.1 Å². The van der Waals surface area contributed by atoms with Crippen molar-refractivity contribution in [3.8, 4) is 11.3 Å². The van der Waals surface area contributed by atoms with Gasteiger partial charge < -0.3 is 5.32 Å². The minimum absolute atomic E-state index is 0.104. The molecule has 0 radical (unpaired) electrons. The Hall–Kier alpha value is -2.87. The second kappa shape index (κ2) is 8.43. The lowest BCUT2D eigenvalue weighted by molar-refractivity contribution is -0.141. The van der Waals surface area contributed by atoms with E-state index in [4.69, 9.17) is 0 Å². The first-order valence-electron chi connectivity index (χ1n) is 8.32. The number of alkyl halides is 3. The molecule has 1 N–H and O–H groups in total. The van der Waals surface area contributed by atoms with Crippen molar-refractivity contribution in [2.75, 3.05) is 11.1 Å². The summed E-state index contributed by atoms with van der Waals surface area (Å²) in [5.74, 6) is -0.459. The third-order valence-corrected chi connectivity index (χ3v) is 4.58. The van der Waals surface area contributed by atoms with Crippen molar-refractivity contribution in [1.82, 2.24) is 9.97 Å². The van der Waals surface area contributed by atoms with Crippen LogP contribution >= 0.6 is 11.8 Å². The second-order valence-electron chi connectivity index (χ2n) is 5.99. The van der Waals surface area contributed by atoms with Crippen LogP contribution in [-0.4, -0.2) is 21.6 Å². The number of hydrogen-bond acceptors (Lipinski definition) is 4. The van der Waals surface area contributed by atoms with E-state index in [1.165, 1.54) is 0 Å². The average Bonchev–Trinajstić information content (AvgIpc) is 2.68. The molecule has 0 aliphatic heterocycles. The van der Waals surface area contributed by atoms with Crippen molar-refractivity contribution in [3.63, 3.8) is 0 Å². The van der Waals surface area contributed by atoms with E-state index < -0.39 is 11.9 Å². The first kappa shape index (κ1) is 19.9. The number of carbonyl (C=O) groups is 1. The summed E-state index contributed by atoms with van der Waals surface area (Å²) in [5, 5.41) is 2.59. The molecular formula is C20H16F3N3OS. The maximum Gasteiger partial charge on any atom is 0.433 e. The van der Waals surface area contributed by atoms with Crippen LogP contribution in [0, 0.1) is 6.92 Å². The summed E-state index contributed by atoms with van der Waals surface area (Å²) in [6.07, 6.45) is -4.61. The fraction of sp³-hybridized carbons (Fsp3) is 0.150. The highest BCUT2D eigenvalue weighted by Gasteiger charge is 2.33. The molecule has 0 bridgehead atoms. The number of benzene rings is 2. The normalized spacial score (nSPS) is 11.3. The van der Waals surface area contributed by atoms with Gasteiger partial charge in [0.15, 0.2) is 5.16 Å². The van der Waals surface area contributed by atoms with Gasteiger partial charge >= 0.3 is 6.18 Å². The number of nitrogens with one attached hydrogen (secondary N) is 1. The predicted octanol–water partition coefficient (Wildman–Crippen LogP) is 5.20. The summed E-state index contributed by atoms with van der Waals surface area (Å²) in [7, 11) is 0. The Morgan fingerprint density at radius 2 is 1.71 bits per heavy atom. The molecule has 1 aromatic heterocycles. The topological polar surface area (TPSA) is 54.9 Å². The Morgan fingerprint density at radius 3 is 2.36 bits per heavy atom. The summed E-state index contributed by atoms with van der Waals surface area (Å²) in [5.41, 5.74) is 1.33. The van der Waals surface area contributed by atoms with Gasteiger partial charge in [0.25, 0.3) is 0 Å². The number of rotatable bonds is 5. The van der Waals surface area contributed by atoms with Crippen molar-refractivity contribution in [3.05, 3.63) is 71.9 Å². The Labute approximate surface area is 164 Å². The van der Waals surface area contributed by atoms with E-state index in [9.17, 15) is 18.0 Å². The molecule has 3 aromatic rings. The Bertz CT molecular complexity index is 961. The SMILES string of the molecule is Cc1ccc(NC(=O)CSc2nc(-c3ccccc3)cc(C(F)(F)F)n2)cc1. The van der Waals surface area contributed by atoms with Crippen LogP contribution in [-0.2, 0) is 11.0 Å². The minimum Gasteiger partial charge on any atom is -0.325 e. The molecule has 1 amide bonds. The first-order valence-corrected chi connectivity index (χ1v) is 9.31. The van der Waals surface area contributed by atoms with Crippen molar-refractivity contribution in [1.29, 1.82) is 0 Å². The fourth-order valence-corrected chi connectivity index (χ4v) is 3.01. The van der Waals surface area contributed by atoms with Gasteiger partial charge in [-0.1, -0.05) is 59.8 Å². The van der Waals surface area contributed by atoms with Gasteiger partial charge in [-0.25, -0.2) is 9.97 Å². The van der Waals surface area contributed by atoms with Gasteiger partial charge in [0.05, 0.1) is 11.4 Å². The lowest BCUT2D eigenvalue weighted by atomic mass is 10.1. The van der Waals surface area contributed by atoms with Crippen LogP contribution in [0.3, 0.4) is 0 Å². The van der Waals surface area contributed by atoms with E-state index in [1.54, 1.807) is 42.5 Å². The highest BCUT2D eigenvalue weighted by molar-refractivity contribution is 7.99. The Morgan fingerprint density at radius 1 is 1.04 bits per heavy atom. The Balaban J connectivity index is 1.77.